The van der Waals surface area contributed by atoms with Crippen LogP contribution in [0.15, 0.2) is 24.4 Å². The van der Waals surface area contributed by atoms with E-state index in [4.69, 9.17) is 0 Å². The fraction of sp³-hybridized carbons (Fsp3) is 0.800. The van der Waals surface area contributed by atoms with Gasteiger partial charge in [0.1, 0.15) is 0 Å². The van der Waals surface area contributed by atoms with Crippen LogP contribution in [0.3, 0.4) is 0 Å². The Morgan fingerprint density at radius 2 is 1.86 bits per heavy atom. The van der Waals surface area contributed by atoms with Crippen molar-refractivity contribution >= 4 is 5.91 Å². The van der Waals surface area contributed by atoms with Crippen LogP contribution in [-0.2, 0) is 11.3 Å². The van der Waals surface area contributed by atoms with E-state index in [1.165, 1.54) is 25.7 Å². The normalized spacial score (nSPS) is 43.5. The molecule has 1 amide bonds. The van der Waals surface area contributed by atoms with Gasteiger partial charge in [-0.25, -0.2) is 0 Å². The summed E-state index contributed by atoms with van der Waals surface area (Å²) in [6, 6.07) is 5.78. The molecule has 1 heterocycles. The number of aromatic nitrogens is 1. The van der Waals surface area contributed by atoms with Gasteiger partial charge < -0.3 is 15.5 Å². The van der Waals surface area contributed by atoms with Gasteiger partial charge in [-0.1, -0.05) is 26.8 Å². The first-order valence-corrected chi connectivity index (χ1v) is 14.2. The molecule has 0 spiro atoms. The molecule has 35 heavy (non-hydrogen) atoms. The standard InChI is InChI=1S/C30H46N2O3/c1-19(7-10-27(35)32-18-21-6-4-5-15-31-21)23-8-9-24-28-25(12-14-30(23,24)3)29(2)13-11-22(33)16-20(29)17-26(28)34/h4-6,15,19-20,22-26,28,33-34H,7-14,16-18H2,1-3H3,(H,32,35)/t19-,20-,22-,23+,24-,25-,26+,28+,29+,30-/m1/s1. The summed E-state index contributed by atoms with van der Waals surface area (Å²) in [5.74, 6) is 3.31. The lowest BCUT2D eigenvalue weighted by Gasteiger charge is -2.62. The van der Waals surface area contributed by atoms with Crippen molar-refractivity contribution in [1.29, 1.82) is 0 Å². The van der Waals surface area contributed by atoms with Crippen LogP contribution >= 0.6 is 0 Å². The van der Waals surface area contributed by atoms with Crippen molar-refractivity contribution in [2.24, 2.45) is 46.3 Å². The first kappa shape index (κ1) is 25.2. The van der Waals surface area contributed by atoms with Crippen molar-refractivity contribution in [2.45, 2.75) is 104 Å². The van der Waals surface area contributed by atoms with Crippen LogP contribution in [0.5, 0.6) is 0 Å². The molecule has 10 atom stereocenters. The fourth-order valence-corrected chi connectivity index (χ4v) is 9.52. The molecule has 0 aromatic carbocycles. The predicted octanol–water partition coefficient (Wildman–Crippen LogP) is 5.10. The molecule has 1 aromatic heterocycles. The summed E-state index contributed by atoms with van der Waals surface area (Å²) < 4.78 is 0. The second kappa shape index (κ2) is 9.78. The number of amides is 1. The van der Waals surface area contributed by atoms with Gasteiger partial charge in [0.25, 0.3) is 0 Å². The van der Waals surface area contributed by atoms with Gasteiger partial charge in [0.15, 0.2) is 0 Å². The van der Waals surface area contributed by atoms with Gasteiger partial charge in [0.05, 0.1) is 24.4 Å². The van der Waals surface area contributed by atoms with Gasteiger partial charge in [0, 0.05) is 12.6 Å². The maximum Gasteiger partial charge on any atom is 0.220 e. The van der Waals surface area contributed by atoms with Crippen LogP contribution in [0.4, 0.5) is 0 Å². The summed E-state index contributed by atoms with van der Waals surface area (Å²) in [5, 5.41) is 24.8. The Kier molecular flexibility index (Phi) is 7.04. The van der Waals surface area contributed by atoms with Gasteiger partial charge >= 0.3 is 0 Å². The van der Waals surface area contributed by atoms with Crippen LogP contribution in [0, 0.1) is 46.3 Å². The van der Waals surface area contributed by atoms with E-state index in [9.17, 15) is 15.0 Å². The van der Waals surface area contributed by atoms with Crippen molar-refractivity contribution in [3.05, 3.63) is 30.1 Å². The van der Waals surface area contributed by atoms with E-state index in [1.807, 2.05) is 18.2 Å². The number of nitrogens with one attached hydrogen (secondary N) is 1. The Labute approximate surface area is 211 Å². The molecule has 4 saturated carbocycles. The van der Waals surface area contributed by atoms with Gasteiger partial charge in [-0.2, -0.15) is 0 Å². The quantitative estimate of drug-likeness (QED) is 0.527. The van der Waals surface area contributed by atoms with Crippen LogP contribution in [-0.4, -0.2) is 33.3 Å². The molecule has 194 valence electrons. The van der Waals surface area contributed by atoms with Crippen molar-refractivity contribution in [3.63, 3.8) is 0 Å². The highest BCUT2D eigenvalue weighted by molar-refractivity contribution is 5.75. The van der Waals surface area contributed by atoms with Crippen LogP contribution in [0.25, 0.3) is 0 Å². The number of hydrogen-bond acceptors (Lipinski definition) is 4. The number of rotatable bonds is 6. The van der Waals surface area contributed by atoms with Crippen LogP contribution < -0.4 is 5.32 Å². The first-order valence-electron chi connectivity index (χ1n) is 14.2. The number of aliphatic hydroxyl groups is 2. The third-order valence-corrected chi connectivity index (χ3v) is 11.4. The Balaban J connectivity index is 1.21. The third kappa shape index (κ3) is 4.56. The molecule has 4 aliphatic rings. The highest BCUT2D eigenvalue weighted by Gasteiger charge is 2.62. The van der Waals surface area contributed by atoms with Crippen molar-refractivity contribution < 1.29 is 15.0 Å². The van der Waals surface area contributed by atoms with E-state index in [1.54, 1.807) is 6.20 Å². The Bertz CT molecular complexity index is 893. The smallest absolute Gasteiger partial charge is 0.220 e. The van der Waals surface area contributed by atoms with Crippen molar-refractivity contribution in [2.75, 3.05) is 0 Å². The molecule has 4 aliphatic carbocycles. The average Bonchev–Trinajstić information content (AvgIpc) is 3.20. The van der Waals surface area contributed by atoms with E-state index in [0.29, 0.717) is 48.5 Å². The number of aliphatic hydroxyl groups excluding tert-OH is 2. The van der Waals surface area contributed by atoms with Crippen LogP contribution in [0.1, 0.15) is 90.7 Å². The molecule has 3 N–H and O–H groups in total. The lowest BCUT2D eigenvalue weighted by Crippen LogP contribution is -2.58. The summed E-state index contributed by atoms with van der Waals surface area (Å²) >= 11 is 0. The maximum absolute atomic E-state index is 12.5. The SMILES string of the molecule is C[C@H](CCC(=O)NCc1ccccn1)[C@@H]1CC[C@@H]2[C@H]3[C@@H](CC[C@@]21C)[C@@]1(C)CC[C@@H](O)C[C@@H]1C[C@@H]3O. The van der Waals surface area contributed by atoms with Gasteiger partial charge in [-0.05, 0) is 116 Å². The average molecular weight is 483 g/mol. The Hall–Kier alpha value is -1.46. The predicted molar refractivity (Wildman–Crippen MR) is 137 cm³/mol. The minimum atomic E-state index is -0.223. The molecule has 1 aromatic rings. The first-order chi connectivity index (χ1) is 16.7. The largest absolute Gasteiger partial charge is 0.393 e. The molecule has 0 aliphatic heterocycles. The summed E-state index contributed by atoms with van der Waals surface area (Å²) in [6.07, 6.45) is 11.6. The van der Waals surface area contributed by atoms with E-state index in [0.717, 1.165) is 37.8 Å². The molecule has 5 rings (SSSR count). The number of pyridine rings is 1. The number of hydrogen-bond donors (Lipinski definition) is 3. The maximum atomic E-state index is 12.5. The molecule has 0 radical (unpaired) electrons. The minimum absolute atomic E-state index is 0.118. The van der Waals surface area contributed by atoms with E-state index in [2.05, 4.69) is 31.1 Å². The number of carbonyl (C=O) groups is 1. The topological polar surface area (TPSA) is 82.5 Å². The molecule has 4 fully saturated rings. The number of carbonyl (C=O) groups excluding carboxylic acids is 1. The molecule has 0 bridgehead atoms. The number of fused-ring (bicyclic) bond motifs is 5. The fourth-order valence-electron chi connectivity index (χ4n) is 9.52. The molecule has 0 unspecified atom stereocenters. The zero-order valence-electron chi connectivity index (χ0n) is 22.0. The molecule has 5 heteroatoms. The lowest BCUT2D eigenvalue weighted by atomic mass is 9.43. The molecular formula is C30H46N2O3. The zero-order valence-corrected chi connectivity index (χ0v) is 22.0. The van der Waals surface area contributed by atoms with E-state index >= 15 is 0 Å². The van der Waals surface area contributed by atoms with E-state index in [-0.39, 0.29) is 28.9 Å². The zero-order chi connectivity index (χ0) is 24.8. The summed E-state index contributed by atoms with van der Waals surface area (Å²) in [4.78, 5) is 16.8. The van der Waals surface area contributed by atoms with Crippen molar-refractivity contribution in [3.8, 4) is 0 Å². The number of nitrogens with zero attached hydrogens (tertiary/aromatic N) is 1. The third-order valence-electron chi connectivity index (χ3n) is 11.4. The Morgan fingerprint density at radius 1 is 1.09 bits per heavy atom. The molecule has 0 saturated heterocycles. The van der Waals surface area contributed by atoms with Gasteiger partial charge in [0.2, 0.25) is 5.91 Å². The molecule has 5 nitrogen and oxygen atoms in total. The van der Waals surface area contributed by atoms with E-state index < -0.39 is 0 Å². The van der Waals surface area contributed by atoms with Crippen molar-refractivity contribution in [1.82, 2.24) is 10.3 Å². The molecular weight excluding hydrogens is 436 g/mol. The second-order valence-corrected chi connectivity index (χ2v) is 13.1. The minimum Gasteiger partial charge on any atom is -0.393 e. The second-order valence-electron chi connectivity index (χ2n) is 13.1. The van der Waals surface area contributed by atoms with Gasteiger partial charge in [-0.3, -0.25) is 9.78 Å². The highest BCUT2D eigenvalue weighted by atomic mass is 16.3. The Morgan fingerprint density at radius 3 is 2.63 bits per heavy atom. The highest BCUT2D eigenvalue weighted by Crippen LogP contribution is 2.68. The summed E-state index contributed by atoms with van der Waals surface area (Å²) in [5.41, 5.74) is 1.44. The van der Waals surface area contributed by atoms with Gasteiger partial charge in [-0.15, -0.1) is 0 Å². The lowest BCUT2D eigenvalue weighted by molar-refractivity contribution is -0.174. The summed E-state index contributed by atoms with van der Waals surface area (Å²) in [7, 11) is 0. The summed E-state index contributed by atoms with van der Waals surface area (Å²) in [6.45, 7) is 7.84. The van der Waals surface area contributed by atoms with Crippen LogP contribution in [0.2, 0.25) is 0 Å². The monoisotopic (exact) mass is 482 g/mol.